The van der Waals surface area contributed by atoms with Gasteiger partial charge in [0.25, 0.3) is 0 Å². The Morgan fingerprint density at radius 1 is 1.29 bits per heavy atom. The maximum absolute atomic E-state index is 11.7. The normalized spacial score (nSPS) is 12.9. The number of esters is 1. The van der Waals surface area contributed by atoms with E-state index in [9.17, 15) is 4.79 Å². The van der Waals surface area contributed by atoms with Crippen molar-refractivity contribution in [3.8, 4) is 0 Å². The summed E-state index contributed by atoms with van der Waals surface area (Å²) in [5.41, 5.74) is 1.10. The van der Waals surface area contributed by atoms with Crippen molar-refractivity contribution < 1.29 is 9.53 Å². The maximum atomic E-state index is 11.7. The van der Waals surface area contributed by atoms with Gasteiger partial charge in [-0.2, -0.15) is 0 Å². The Balaban J connectivity index is 2.73. The van der Waals surface area contributed by atoms with Crippen LogP contribution in [-0.2, 0) is 9.53 Å². The number of ether oxygens (including phenoxy) is 1. The van der Waals surface area contributed by atoms with Gasteiger partial charge in [-0.05, 0) is 18.4 Å². The third kappa shape index (κ3) is 4.43. The van der Waals surface area contributed by atoms with Gasteiger partial charge in [-0.25, -0.2) is 0 Å². The van der Waals surface area contributed by atoms with Crippen LogP contribution in [0.3, 0.4) is 0 Å². The number of hydrogen-bond donors (Lipinski definition) is 0. The Morgan fingerprint density at radius 2 is 1.94 bits per heavy atom. The molecule has 1 aromatic rings. The minimum absolute atomic E-state index is 0.144. The highest BCUT2D eigenvalue weighted by molar-refractivity contribution is 5.76. The van der Waals surface area contributed by atoms with Crippen LogP contribution in [0.1, 0.15) is 26.3 Å². The Bertz CT molecular complexity index is 366. The summed E-state index contributed by atoms with van der Waals surface area (Å²) in [7, 11) is 0. The fraction of sp³-hybridized carbons (Fsp3) is 0.400. The molecular formula is C15H20O2. The van der Waals surface area contributed by atoms with Crippen LogP contribution >= 0.6 is 0 Å². The molecule has 0 heterocycles. The second-order valence-electron chi connectivity index (χ2n) is 4.29. The van der Waals surface area contributed by atoms with Crippen LogP contribution in [-0.4, -0.2) is 12.6 Å². The van der Waals surface area contributed by atoms with Crippen LogP contribution in [0.4, 0.5) is 0 Å². The van der Waals surface area contributed by atoms with Gasteiger partial charge in [-0.3, -0.25) is 4.79 Å². The lowest BCUT2D eigenvalue weighted by molar-refractivity contribution is -0.147. The zero-order valence-electron chi connectivity index (χ0n) is 10.7. The van der Waals surface area contributed by atoms with E-state index in [1.165, 1.54) is 0 Å². The van der Waals surface area contributed by atoms with Gasteiger partial charge in [0, 0.05) is 0 Å². The largest absolute Gasteiger partial charge is 0.466 e. The molecule has 0 aliphatic heterocycles. The van der Waals surface area contributed by atoms with Crippen molar-refractivity contribution in [3.05, 3.63) is 42.0 Å². The highest BCUT2D eigenvalue weighted by Gasteiger charge is 2.20. The Labute approximate surface area is 103 Å². The van der Waals surface area contributed by atoms with Gasteiger partial charge in [-0.1, -0.05) is 56.3 Å². The van der Waals surface area contributed by atoms with E-state index < -0.39 is 0 Å². The molecule has 0 amide bonds. The molecule has 0 aliphatic carbocycles. The maximum Gasteiger partial charge on any atom is 0.313 e. The molecule has 0 aromatic heterocycles. The van der Waals surface area contributed by atoms with Gasteiger partial charge >= 0.3 is 5.97 Å². The van der Waals surface area contributed by atoms with E-state index in [1.54, 1.807) is 0 Å². The number of carbonyl (C=O) groups is 1. The second-order valence-corrected chi connectivity index (χ2v) is 4.29. The van der Waals surface area contributed by atoms with E-state index in [0.29, 0.717) is 6.61 Å². The van der Waals surface area contributed by atoms with Gasteiger partial charge in [0.1, 0.15) is 0 Å². The van der Waals surface area contributed by atoms with E-state index in [2.05, 4.69) is 0 Å². The summed E-state index contributed by atoms with van der Waals surface area (Å²) in [5.74, 6) is -0.0705. The average molecular weight is 232 g/mol. The molecular weight excluding hydrogens is 212 g/mol. The molecule has 0 N–H and O–H groups in total. The van der Waals surface area contributed by atoms with E-state index in [-0.39, 0.29) is 17.8 Å². The van der Waals surface area contributed by atoms with Gasteiger partial charge in [-0.15, -0.1) is 0 Å². The minimum atomic E-state index is -0.171. The summed E-state index contributed by atoms with van der Waals surface area (Å²) in [6.45, 7) is 6.31. The van der Waals surface area contributed by atoms with Gasteiger partial charge in [0.2, 0.25) is 0 Å². The number of rotatable bonds is 5. The first-order valence-corrected chi connectivity index (χ1v) is 6.05. The van der Waals surface area contributed by atoms with E-state index in [0.717, 1.165) is 5.56 Å². The molecule has 0 aliphatic rings. The van der Waals surface area contributed by atoms with Crippen LogP contribution in [0.15, 0.2) is 36.4 Å². The third-order valence-electron chi connectivity index (χ3n) is 2.57. The Kier molecular flexibility index (Phi) is 5.47. The lowest BCUT2D eigenvalue weighted by Gasteiger charge is -2.15. The predicted molar refractivity (Wildman–Crippen MR) is 70.4 cm³/mol. The zero-order valence-corrected chi connectivity index (χ0v) is 10.7. The third-order valence-corrected chi connectivity index (χ3v) is 2.57. The molecule has 0 bridgehead atoms. The van der Waals surface area contributed by atoms with Crippen molar-refractivity contribution in [2.75, 3.05) is 6.61 Å². The molecule has 1 unspecified atom stereocenters. The van der Waals surface area contributed by atoms with Crippen LogP contribution < -0.4 is 0 Å². The Morgan fingerprint density at radius 3 is 2.47 bits per heavy atom. The van der Waals surface area contributed by atoms with Crippen molar-refractivity contribution >= 4 is 12.0 Å². The van der Waals surface area contributed by atoms with Crippen molar-refractivity contribution in [1.82, 2.24) is 0 Å². The molecule has 1 aromatic carbocycles. The summed E-state index contributed by atoms with van der Waals surface area (Å²) in [4.78, 5) is 11.7. The van der Waals surface area contributed by atoms with E-state index in [4.69, 9.17) is 4.74 Å². The predicted octanol–water partition coefficient (Wildman–Crippen LogP) is 3.54. The van der Waals surface area contributed by atoms with Gasteiger partial charge in [0.15, 0.2) is 0 Å². The highest BCUT2D eigenvalue weighted by atomic mass is 16.5. The molecule has 1 atom stereocenters. The Hall–Kier alpha value is -1.57. The number of carbonyl (C=O) groups excluding carboxylic acids is 1. The summed E-state index contributed by atoms with van der Waals surface area (Å²) < 4.78 is 5.06. The minimum Gasteiger partial charge on any atom is -0.466 e. The number of hydrogen-bond acceptors (Lipinski definition) is 2. The SMILES string of the molecule is CCOC(=O)C(C=Cc1ccccc1)C(C)C. The highest BCUT2D eigenvalue weighted by Crippen LogP contribution is 2.16. The van der Waals surface area contributed by atoms with Gasteiger partial charge in [0.05, 0.1) is 12.5 Å². The molecule has 0 fully saturated rings. The summed E-state index contributed by atoms with van der Waals surface area (Å²) >= 11 is 0. The molecule has 0 radical (unpaired) electrons. The van der Waals surface area contributed by atoms with Crippen LogP contribution in [0.25, 0.3) is 6.08 Å². The summed E-state index contributed by atoms with van der Waals surface area (Å²) in [6.07, 6.45) is 3.90. The van der Waals surface area contributed by atoms with Crippen LogP contribution in [0, 0.1) is 11.8 Å². The quantitative estimate of drug-likeness (QED) is 0.726. The molecule has 17 heavy (non-hydrogen) atoms. The topological polar surface area (TPSA) is 26.3 Å². The fourth-order valence-electron chi connectivity index (χ4n) is 1.59. The number of benzene rings is 1. The smallest absolute Gasteiger partial charge is 0.313 e. The second kappa shape index (κ2) is 6.89. The monoisotopic (exact) mass is 232 g/mol. The van der Waals surface area contributed by atoms with Crippen molar-refractivity contribution in [1.29, 1.82) is 0 Å². The van der Waals surface area contributed by atoms with Gasteiger partial charge < -0.3 is 4.74 Å². The average Bonchev–Trinajstić information content (AvgIpc) is 2.30. The first kappa shape index (κ1) is 13.5. The van der Waals surface area contributed by atoms with Crippen molar-refractivity contribution in [2.45, 2.75) is 20.8 Å². The molecule has 2 nitrogen and oxygen atoms in total. The first-order valence-electron chi connectivity index (χ1n) is 6.05. The van der Waals surface area contributed by atoms with Crippen LogP contribution in [0.5, 0.6) is 0 Å². The fourth-order valence-corrected chi connectivity index (χ4v) is 1.59. The van der Waals surface area contributed by atoms with E-state index >= 15 is 0 Å². The molecule has 2 heteroatoms. The summed E-state index contributed by atoms with van der Waals surface area (Å²) in [5, 5.41) is 0. The first-order chi connectivity index (χ1) is 8.15. The molecule has 0 spiro atoms. The summed E-state index contributed by atoms with van der Waals surface area (Å²) in [6, 6.07) is 9.96. The van der Waals surface area contributed by atoms with Crippen molar-refractivity contribution in [3.63, 3.8) is 0 Å². The van der Waals surface area contributed by atoms with Crippen molar-refractivity contribution in [2.24, 2.45) is 11.8 Å². The molecule has 0 saturated heterocycles. The molecule has 92 valence electrons. The lowest BCUT2D eigenvalue weighted by Crippen LogP contribution is -2.20. The lowest BCUT2D eigenvalue weighted by atomic mass is 9.95. The molecule has 1 rings (SSSR count). The van der Waals surface area contributed by atoms with Crippen LogP contribution in [0.2, 0.25) is 0 Å². The van der Waals surface area contributed by atoms with E-state index in [1.807, 2.05) is 63.3 Å². The zero-order chi connectivity index (χ0) is 12.7. The standard InChI is InChI=1S/C15H20O2/c1-4-17-15(16)14(12(2)3)11-10-13-8-6-5-7-9-13/h5-12,14H,4H2,1-3H3. The molecule has 0 saturated carbocycles.